The fraction of sp³-hybridized carbons (Fsp3) is 0.500. The van der Waals surface area contributed by atoms with Gasteiger partial charge in [-0.1, -0.05) is 0 Å². The molecule has 1 rings (SSSR count). The Morgan fingerprint density at radius 2 is 2.50 bits per heavy atom. The van der Waals surface area contributed by atoms with E-state index >= 15 is 0 Å². The van der Waals surface area contributed by atoms with Gasteiger partial charge in [0.15, 0.2) is 0 Å². The fourth-order valence-corrected chi connectivity index (χ4v) is 1.73. The zero-order chi connectivity index (χ0) is 10.4. The van der Waals surface area contributed by atoms with Crippen LogP contribution in [0.2, 0.25) is 0 Å². The molecule has 0 aliphatic heterocycles. The topological polar surface area (TPSA) is 55.1 Å². The van der Waals surface area contributed by atoms with Crippen molar-refractivity contribution >= 4 is 22.9 Å². The number of anilines is 1. The van der Waals surface area contributed by atoms with Crippen LogP contribution in [-0.2, 0) is 4.79 Å². The average molecular weight is 212 g/mol. The molecule has 0 fully saturated rings. The van der Waals surface area contributed by atoms with Gasteiger partial charge in [-0.15, -0.1) is 0 Å². The van der Waals surface area contributed by atoms with Gasteiger partial charge in [0, 0.05) is 17.8 Å². The molecule has 0 bridgehead atoms. The Hall–Kier alpha value is -0.870. The van der Waals surface area contributed by atoms with Gasteiger partial charge >= 0.3 is 0 Å². The SMILES string of the molecule is CC(N)CCCC(=O)Nc1ccsc1. The molecule has 4 heteroatoms. The molecule has 0 aliphatic rings. The molecule has 1 aromatic heterocycles. The standard InChI is InChI=1S/C10H16N2OS/c1-8(11)3-2-4-10(13)12-9-5-6-14-7-9/h5-8H,2-4,11H2,1H3,(H,12,13). The van der Waals surface area contributed by atoms with E-state index in [0.29, 0.717) is 6.42 Å². The zero-order valence-corrected chi connectivity index (χ0v) is 9.14. The molecule has 0 spiro atoms. The summed E-state index contributed by atoms with van der Waals surface area (Å²) < 4.78 is 0. The summed E-state index contributed by atoms with van der Waals surface area (Å²) in [5, 5.41) is 6.69. The predicted molar refractivity (Wildman–Crippen MR) is 60.4 cm³/mol. The van der Waals surface area contributed by atoms with Crippen LogP contribution < -0.4 is 11.1 Å². The second kappa shape index (κ2) is 5.78. The van der Waals surface area contributed by atoms with Gasteiger partial charge in [-0.2, -0.15) is 11.3 Å². The molecule has 0 radical (unpaired) electrons. The van der Waals surface area contributed by atoms with Gasteiger partial charge in [0.2, 0.25) is 5.91 Å². The second-order valence-electron chi connectivity index (χ2n) is 3.43. The molecule has 0 saturated carbocycles. The number of nitrogens with one attached hydrogen (secondary N) is 1. The van der Waals surface area contributed by atoms with Crippen LogP contribution in [0.25, 0.3) is 0 Å². The number of amides is 1. The third kappa shape index (κ3) is 4.39. The van der Waals surface area contributed by atoms with Crippen molar-refractivity contribution in [1.82, 2.24) is 0 Å². The first-order valence-electron chi connectivity index (χ1n) is 4.76. The van der Waals surface area contributed by atoms with E-state index in [9.17, 15) is 4.79 Å². The number of carbonyl (C=O) groups excluding carboxylic acids is 1. The van der Waals surface area contributed by atoms with Crippen molar-refractivity contribution in [2.75, 3.05) is 5.32 Å². The molecule has 3 N–H and O–H groups in total. The average Bonchev–Trinajstić information content (AvgIpc) is 2.56. The van der Waals surface area contributed by atoms with Crippen LogP contribution in [0.1, 0.15) is 26.2 Å². The number of hydrogen-bond donors (Lipinski definition) is 2. The molecule has 0 aliphatic carbocycles. The van der Waals surface area contributed by atoms with Crippen molar-refractivity contribution in [2.24, 2.45) is 5.73 Å². The van der Waals surface area contributed by atoms with Crippen LogP contribution in [0.5, 0.6) is 0 Å². The molecular formula is C10H16N2OS. The van der Waals surface area contributed by atoms with E-state index in [2.05, 4.69) is 5.32 Å². The van der Waals surface area contributed by atoms with Gasteiger partial charge < -0.3 is 11.1 Å². The second-order valence-corrected chi connectivity index (χ2v) is 4.21. The first-order chi connectivity index (χ1) is 6.68. The van der Waals surface area contributed by atoms with Crippen molar-refractivity contribution in [3.63, 3.8) is 0 Å². The lowest BCUT2D eigenvalue weighted by Gasteiger charge is -2.04. The summed E-state index contributed by atoms with van der Waals surface area (Å²) in [6.07, 6.45) is 2.31. The summed E-state index contributed by atoms with van der Waals surface area (Å²) in [5.41, 5.74) is 6.47. The summed E-state index contributed by atoms with van der Waals surface area (Å²) in [6.45, 7) is 1.96. The lowest BCUT2D eigenvalue weighted by Crippen LogP contribution is -2.16. The monoisotopic (exact) mass is 212 g/mol. The lowest BCUT2D eigenvalue weighted by atomic mass is 10.1. The minimum absolute atomic E-state index is 0.0732. The van der Waals surface area contributed by atoms with Crippen LogP contribution in [0.15, 0.2) is 16.8 Å². The lowest BCUT2D eigenvalue weighted by molar-refractivity contribution is -0.116. The maximum atomic E-state index is 11.3. The highest BCUT2D eigenvalue weighted by Gasteiger charge is 2.03. The number of carbonyl (C=O) groups is 1. The normalized spacial score (nSPS) is 12.4. The largest absolute Gasteiger partial charge is 0.328 e. The van der Waals surface area contributed by atoms with Crippen molar-refractivity contribution in [1.29, 1.82) is 0 Å². The summed E-state index contributed by atoms with van der Waals surface area (Å²) in [7, 11) is 0. The highest BCUT2D eigenvalue weighted by Crippen LogP contribution is 2.12. The third-order valence-electron chi connectivity index (χ3n) is 1.87. The quantitative estimate of drug-likeness (QED) is 0.786. The Labute approximate surface area is 88.3 Å². The van der Waals surface area contributed by atoms with Crippen molar-refractivity contribution in [2.45, 2.75) is 32.2 Å². The van der Waals surface area contributed by atoms with E-state index in [4.69, 9.17) is 5.73 Å². The minimum atomic E-state index is 0.0732. The van der Waals surface area contributed by atoms with Gasteiger partial charge in [-0.25, -0.2) is 0 Å². The van der Waals surface area contributed by atoms with Crippen LogP contribution in [0.4, 0.5) is 5.69 Å². The highest BCUT2D eigenvalue weighted by molar-refractivity contribution is 7.08. The Balaban J connectivity index is 2.17. The van der Waals surface area contributed by atoms with Crippen molar-refractivity contribution < 1.29 is 4.79 Å². The number of nitrogens with two attached hydrogens (primary N) is 1. The Morgan fingerprint density at radius 3 is 3.07 bits per heavy atom. The van der Waals surface area contributed by atoms with Gasteiger partial charge in [0.1, 0.15) is 0 Å². The van der Waals surface area contributed by atoms with Crippen molar-refractivity contribution in [3.8, 4) is 0 Å². The Morgan fingerprint density at radius 1 is 1.71 bits per heavy atom. The van der Waals surface area contributed by atoms with E-state index in [1.54, 1.807) is 11.3 Å². The van der Waals surface area contributed by atoms with Gasteiger partial charge in [-0.05, 0) is 31.2 Å². The van der Waals surface area contributed by atoms with Gasteiger partial charge in [0.05, 0.1) is 5.69 Å². The maximum absolute atomic E-state index is 11.3. The number of hydrogen-bond acceptors (Lipinski definition) is 3. The van der Waals surface area contributed by atoms with Crippen LogP contribution in [-0.4, -0.2) is 11.9 Å². The number of rotatable bonds is 5. The maximum Gasteiger partial charge on any atom is 0.224 e. The highest BCUT2D eigenvalue weighted by atomic mass is 32.1. The minimum Gasteiger partial charge on any atom is -0.328 e. The predicted octanol–water partition coefficient (Wildman–Crippen LogP) is 2.20. The van der Waals surface area contributed by atoms with Crippen LogP contribution >= 0.6 is 11.3 Å². The van der Waals surface area contributed by atoms with Crippen molar-refractivity contribution in [3.05, 3.63) is 16.8 Å². The van der Waals surface area contributed by atoms with E-state index in [1.165, 1.54) is 0 Å². The summed E-state index contributed by atoms with van der Waals surface area (Å²) in [5.74, 6) is 0.0732. The van der Waals surface area contributed by atoms with Gasteiger partial charge in [-0.3, -0.25) is 4.79 Å². The molecule has 0 aromatic carbocycles. The molecule has 78 valence electrons. The molecule has 1 heterocycles. The molecule has 0 saturated heterocycles. The zero-order valence-electron chi connectivity index (χ0n) is 8.32. The van der Waals surface area contributed by atoms with Crippen LogP contribution in [0.3, 0.4) is 0 Å². The first-order valence-corrected chi connectivity index (χ1v) is 5.70. The fourth-order valence-electron chi connectivity index (χ4n) is 1.14. The Bertz CT molecular complexity index is 270. The smallest absolute Gasteiger partial charge is 0.224 e. The van der Waals surface area contributed by atoms with Crippen LogP contribution in [0, 0.1) is 0 Å². The van der Waals surface area contributed by atoms with Gasteiger partial charge in [0.25, 0.3) is 0 Å². The van der Waals surface area contributed by atoms with E-state index in [-0.39, 0.29) is 11.9 Å². The van der Waals surface area contributed by atoms with E-state index in [0.717, 1.165) is 18.5 Å². The molecule has 3 nitrogen and oxygen atoms in total. The van der Waals surface area contributed by atoms with E-state index in [1.807, 2.05) is 23.8 Å². The molecule has 1 amide bonds. The summed E-state index contributed by atoms with van der Waals surface area (Å²) in [4.78, 5) is 11.3. The molecule has 1 atom stereocenters. The molecule has 1 aromatic rings. The third-order valence-corrected chi connectivity index (χ3v) is 2.55. The summed E-state index contributed by atoms with van der Waals surface area (Å²) >= 11 is 1.58. The molecule has 1 unspecified atom stereocenters. The molecule has 14 heavy (non-hydrogen) atoms. The van der Waals surface area contributed by atoms with E-state index < -0.39 is 0 Å². The molecular weight excluding hydrogens is 196 g/mol. The Kier molecular flexibility index (Phi) is 4.62. The number of thiophene rings is 1. The summed E-state index contributed by atoms with van der Waals surface area (Å²) in [6, 6.07) is 2.08. The first kappa shape index (κ1) is 11.2.